The lowest BCUT2D eigenvalue weighted by molar-refractivity contribution is 0.433. The van der Waals surface area contributed by atoms with Crippen molar-refractivity contribution < 1.29 is 9.50 Å². The molecule has 4 nitrogen and oxygen atoms in total. The van der Waals surface area contributed by atoms with Gasteiger partial charge >= 0.3 is 0 Å². The van der Waals surface area contributed by atoms with Gasteiger partial charge in [-0.1, -0.05) is 24.2 Å². The summed E-state index contributed by atoms with van der Waals surface area (Å²) in [6, 6.07) is 9.14. The first-order valence-corrected chi connectivity index (χ1v) is 11.2. The van der Waals surface area contributed by atoms with Crippen molar-refractivity contribution in [2.75, 3.05) is 18.4 Å². The summed E-state index contributed by atoms with van der Waals surface area (Å²) in [5, 5.41) is 17.9. The Morgan fingerprint density at radius 3 is 2.61 bits per heavy atom. The van der Waals surface area contributed by atoms with Crippen LogP contribution in [0.4, 0.5) is 10.1 Å². The highest BCUT2D eigenvalue weighted by Gasteiger charge is 2.28. The van der Waals surface area contributed by atoms with Crippen LogP contribution >= 0.6 is 11.6 Å². The minimum Gasteiger partial charge on any atom is -0.504 e. The van der Waals surface area contributed by atoms with Crippen molar-refractivity contribution in [3.63, 3.8) is 0 Å². The predicted octanol–water partition coefficient (Wildman–Crippen LogP) is 5.99. The second-order valence-electron chi connectivity index (χ2n) is 8.54. The third-order valence-electron chi connectivity index (χ3n) is 6.32. The number of halogens is 2. The molecule has 0 atom stereocenters. The van der Waals surface area contributed by atoms with Gasteiger partial charge in [0.05, 0.1) is 16.2 Å². The van der Waals surface area contributed by atoms with Crippen LogP contribution in [0.5, 0.6) is 5.75 Å². The van der Waals surface area contributed by atoms with Gasteiger partial charge in [0.25, 0.3) is 0 Å². The number of fused-ring (bicyclic) bond motifs is 1. The minimum absolute atomic E-state index is 0.00265. The second-order valence-corrected chi connectivity index (χ2v) is 8.94. The van der Waals surface area contributed by atoms with Gasteiger partial charge < -0.3 is 15.7 Å². The molecule has 5 rings (SSSR count). The number of aromatic nitrogens is 1. The Bertz CT molecular complexity index is 1150. The highest BCUT2D eigenvalue weighted by Crippen LogP contribution is 2.45. The van der Waals surface area contributed by atoms with E-state index in [4.69, 9.17) is 16.6 Å². The molecule has 1 aromatic heterocycles. The van der Waals surface area contributed by atoms with Crippen LogP contribution in [0.2, 0.25) is 5.02 Å². The van der Waals surface area contributed by atoms with Gasteiger partial charge in [-0.15, -0.1) is 0 Å². The lowest BCUT2D eigenvalue weighted by Gasteiger charge is -2.27. The number of phenolic OH excluding ortho intramolecular Hbond substituents is 1. The Morgan fingerprint density at radius 2 is 1.90 bits per heavy atom. The van der Waals surface area contributed by atoms with E-state index in [0.29, 0.717) is 17.5 Å². The van der Waals surface area contributed by atoms with Crippen molar-refractivity contribution in [1.29, 1.82) is 0 Å². The summed E-state index contributed by atoms with van der Waals surface area (Å²) in [7, 11) is 0. The van der Waals surface area contributed by atoms with E-state index in [1.165, 1.54) is 18.9 Å². The van der Waals surface area contributed by atoms with E-state index in [1.807, 2.05) is 24.4 Å². The van der Waals surface area contributed by atoms with Gasteiger partial charge in [0.2, 0.25) is 0 Å². The number of nitrogens with zero attached hydrogens (tertiary/aromatic N) is 1. The maximum Gasteiger partial charge on any atom is 0.170 e. The molecule has 31 heavy (non-hydrogen) atoms. The number of aromatic hydroxyl groups is 1. The zero-order valence-corrected chi connectivity index (χ0v) is 18.0. The molecule has 3 aromatic rings. The van der Waals surface area contributed by atoms with E-state index in [2.05, 4.69) is 17.2 Å². The third-order valence-corrected chi connectivity index (χ3v) is 6.61. The molecule has 3 N–H and O–H groups in total. The second kappa shape index (κ2) is 8.13. The number of piperidine rings is 1. The standard InChI is InChI=1S/C25H25ClFN3O/c1-14(15-2-3-15)20-13-29-23-5-4-16(17-11-21(26)25(31)22(27)12-17)10-19(23)24(20)30-18-6-8-28-9-7-18/h4-5,10-13,15,18,28,31H,1-3,6-9H2,(H,29,30). The first-order chi connectivity index (χ1) is 15.0. The Balaban J connectivity index is 1.64. The van der Waals surface area contributed by atoms with E-state index in [-0.39, 0.29) is 5.02 Å². The molecule has 1 aliphatic heterocycles. The van der Waals surface area contributed by atoms with Crippen LogP contribution in [0, 0.1) is 11.7 Å². The SMILES string of the molecule is C=C(c1cnc2ccc(-c3cc(F)c(O)c(Cl)c3)cc2c1NC1CCNCC1)C1CC1. The number of pyridine rings is 1. The highest BCUT2D eigenvalue weighted by molar-refractivity contribution is 6.32. The van der Waals surface area contributed by atoms with Crippen molar-refractivity contribution >= 4 is 33.8 Å². The quantitative estimate of drug-likeness (QED) is 0.459. The van der Waals surface area contributed by atoms with Crippen molar-refractivity contribution in [3.05, 3.63) is 59.5 Å². The summed E-state index contributed by atoms with van der Waals surface area (Å²) in [6.45, 7) is 6.37. The largest absolute Gasteiger partial charge is 0.504 e. The average molecular weight is 438 g/mol. The fourth-order valence-corrected chi connectivity index (χ4v) is 4.53. The number of hydrogen-bond acceptors (Lipinski definition) is 4. The van der Waals surface area contributed by atoms with Crippen LogP contribution < -0.4 is 10.6 Å². The van der Waals surface area contributed by atoms with Gasteiger partial charge in [-0.2, -0.15) is 0 Å². The third kappa shape index (κ3) is 4.00. The van der Waals surface area contributed by atoms with Crippen molar-refractivity contribution in [3.8, 4) is 16.9 Å². The van der Waals surface area contributed by atoms with Crippen molar-refractivity contribution in [2.45, 2.75) is 31.7 Å². The molecule has 0 radical (unpaired) electrons. The molecule has 2 heterocycles. The van der Waals surface area contributed by atoms with Crippen LogP contribution in [0.15, 0.2) is 43.1 Å². The van der Waals surface area contributed by atoms with E-state index < -0.39 is 11.6 Å². The number of nitrogens with one attached hydrogen (secondary N) is 2. The fraction of sp³-hybridized carbons (Fsp3) is 0.320. The van der Waals surface area contributed by atoms with Gasteiger partial charge in [0, 0.05) is 23.2 Å². The van der Waals surface area contributed by atoms with Crippen LogP contribution in [0.25, 0.3) is 27.6 Å². The van der Waals surface area contributed by atoms with Crippen LogP contribution in [0.1, 0.15) is 31.2 Å². The molecule has 0 amide bonds. The Kier molecular flexibility index (Phi) is 5.32. The predicted molar refractivity (Wildman–Crippen MR) is 125 cm³/mol. The number of allylic oxidation sites excluding steroid dienone is 1. The lowest BCUT2D eigenvalue weighted by Crippen LogP contribution is -2.35. The summed E-state index contributed by atoms with van der Waals surface area (Å²) in [5.74, 6) is -0.727. The van der Waals surface area contributed by atoms with E-state index >= 15 is 0 Å². The molecule has 2 aliphatic rings. The number of hydrogen-bond donors (Lipinski definition) is 3. The fourth-order valence-electron chi connectivity index (χ4n) is 4.33. The van der Waals surface area contributed by atoms with Crippen molar-refractivity contribution in [2.24, 2.45) is 5.92 Å². The molecule has 2 fully saturated rings. The molecular formula is C25H25ClFN3O. The highest BCUT2D eigenvalue weighted by atomic mass is 35.5. The lowest BCUT2D eigenvalue weighted by atomic mass is 9.96. The molecule has 1 aliphatic carbocycles. The Morgan fingerprint density at radius 1 is 1.13 bits per heavy atom. The first kappa shape index (κ1) is 20.3. The summed E-state index contributed by atoms with van der Waals surface area (Å²) in [4.78, 5) is 4.70. The molecule has 160 valence electrons. The normalized spacial score (nSPS) is 17.1. The first-order valence-electron chi connectivity index (χ1n) is 10.8. The van der Waals surface area contributed by atoms with E-state index in [9.17, 15) is 9.50 Å². The van der Waals surface area contributed by atoms with Gasteiger partial charge in [-0.3, -0.25) is 4.98 Å². The van der Waals surface area contributed by atoms with Gasteiger partial charge in [0.15, 0.2) is 11.6 Å². The molecular weight excluding hydrogens is 413 g/mol. The zero-order chi connectivity index (χ0) is 21.5. The summed E-state index contributed by atoms with van der Waals surface area (Å²) >= 11 is 6.02. The minimum atomic E-state index is -0.732. The Hall–Kier alpha value is -2.63. The average Bonchev–Trinajstić information content (AvgIpc) is 3.63. The maximum atomic E-state index is 14.1. The maximum absolute atomic E-state index is 14.1. The topological polar surface area (TPSA) is 57.2 Å². The van der Waals surface area contributed by atoms with Gasteiger partial charge in [-0.05, 0) is 85.7 Å². The molecule has 0 unspecified atom stereocenters. The van der Waals surface area contributed by atoms with Crippen molar-refractivity contribution in [1.82, 2.24) is 10.3 Å². The summed E-state index contributed by atoms with van der Waals surface area (Å²) in [5.41, 5.74) is 5.56. The van der Waals surface area contributed by atoms with Crippen LogP contribution in [-0.4, -0.2) is 29.2 Å². The van der Waals surface area contributed by atoms with Gasteiger partial charge in [-0.25, -0.2) is 4.39 Å². The molecule has 1 saturated heterocycles. The molecule has 0 spiro atoms. The monoisotopic (exact) mass is 437 g/mol. The zero-order valence-electron chi connectivity index (χ0n) is 17.2. The molecule has 6 heteroatoms. The smallest absolute Gasteiger partial charge is 0.170 e. The van der Waals surface area contributed by atoms with Crippen LogP contribution in [-0.2, 0) is 0 Å². The van der Waals surface area contributed by atoms with E-state index in [0.717, 1.165) is 59.2 Å². The number of anilines is 1. The molecule has 0 bridgehead atoms. The summed E-state index contributed by atoms with van der Waals surface area (Å²) < 4.78 is 14.1. The molecule has 1 saturated carbocycles. The Labute approximate surface area is 186 Å². The summed E-state index contributed by atoms with van der Waals surface area (Å²) in [6.07, 6.45) is 6.39. The number of benzene rings is 2. The number of rotatable bonds is 5. The van der Waals surface area contributed by atoms with Gasteiger partial charge in [0.1, 0.15) is 0 Å². The van der Waals surface area contributed by atoms with E-state index in [1.54, 1.807) is 6.07 Å². The molecule has 2 aromatic carbocycles. The van der Waals surface area contributed by atoms with Crippen LogP contribution in [0.3, 0.4) is 0 Å². The number of phenols is 1.